The highest BCUT2D eigenvalue weighted by molar-refractivity contribution is 7.89. The van der Waals surface area contributed by atoms with E-state index in [4.69, 9.17) is 4.42 Å². The molecule has 1 saturated heterocycles. The Labute approximate surface area is 184 Å². The number of fused-ring (bicyclic) bond motifs is 1. The van der Waals surface area contributed by atoms with Crippen molar-refractivity contribution in [3.63, 3.8) is 0 Å². The minimum atomic E-state index is -3.88. The van der Waals surface area contributed by atoms with Gasteiger partial charge in [0.2, 0.25) is 15.9 Å². The van der Waals surface area contributed by atoms with E-state index in [2.05, 4.69) is 5.32 Å². The maximum absolute atomic E-state index is 13.2. The van der Waals surface area contributed by atoms with Crippen LogP contribution in [0.25, 0.3) is 11.1 Å². The second-order valence-electron chi connectivity index (χ2n) is 7.88. The minimum absolute atomic E-state index is 0.00886. The molecule has 2 aromatic carbocycles. The van der Waals surface area contributed by atoms with Crippen molar-refractivity contribution >= 4 is 38.5 Å². The Hall–Kier alpha value is -3.24. The highest BCUT2D eigenvalue weighted by Crippen LogP contribution is 2.27. The summed E-state index contributed by atoms with van der Waals surface area (Å²) in [4.78, 5) is 36.1. The molecule has 32 heavy (non-hydrogen) atoms. The topological polar surface area (TPSA) is 119 Å². The first kappa shape index (κ1) is 22.0. The first-order valence-corrected chi connectivity index (χ1v) is 11.6. The molecule has 9 nitrogen and oxygen atoms in total. The van der Waals surface area contributed by atoms with Crippen LogP contribution in [0, 0.1) is 5.92 Å². The SMILES string of the molecule is CC(=O)c1cccc(NC(=O)[C@@H]2CCCN(S(=O)(=O)c3ccc4c(c3)oc(=O)n4C)C2)c1. The lowest BCUT2D eigenvalue weighted by atomic mass is 9.98. The number of nitrogens with zero attached hydrogens (tertiary/aromatic N) is 2. The van der Waals surface area contributed by atoms with Gasteiger partial charge in [-0.1, -0.05) is 12.1 Å². The van der Waals surface area contributed by atoms with Crippen molar-refractivity contribution in [1.82, 2.24) is 8.87 Å². The van der Waals surface area contributed by atoms with E-state index in [-0.39, 0.29) is 28.7 Å². The van der Waals surface area contributed by atoms with E-state index in [1.54, 1.807) is 31.3 Å². The number of anilines is 1. The third-order valence-electron chi connectivity index (χ3n) is 5.69. The van der Waals surface area contributed by atoms with Crippen molar-refractivity contribution < 1.29 is 22.4 Å². The fourth-order valence-electron chi connectivity index (χ4n) is 3.86. The Kier molecular flexibility index (Phi) is 5.74. The lowest BCUT2D eigenvalue weighted by Crippen LogP contribution is -2.43. The van der Waals surface area contributed by atoms with Gasteiger partial charge in [0.15, 0.2) is 11.4 Å². The number of oxazole rings is 1. The molecule has 0 radical (unpaired) electrons. The predicted molar refractivity (Wildman–Crippen MR) is 118 cm³/mol. The average Bonchev–Trinajstić information content (AvgIpc) is 3.07. The molecule has 1 atom stereocenters. The highest BCUT2D eigenvalue weighted by atomic mass is 32.2. The van der Waals surface area contributed by atoms with E-state index in [0.717, 1.165) is 0 Å². The van der Waals surface area contributed by atoms with Crippen LogP contribution in [0.5, 0.6) is 0 Å². The number of hydrogen-bond donors (Lipinski definition) is 1. The summed E-state index contributed by atoms with van der Waals surface area (Å²) in [6.45, 7) is 1.78. The molecule has 1 aliphatic rings. The van der Waals surface area contributed by atoms with E-state index < -0.39 is 21.7 Å². The third-order valence-corrected chi connectivity index (χ3v) is 7.55. The molecule has 1 aliphatic heterocycles. The van der Waals surface area contributed by atoms with Crippen LogP contribution in [-0.4, -0.2) is 42.1 Å². The molecule has 0 spiro atoms. The molecular formula is C22H23N3O6S. The van der Waals surface area contributed by atoms with Crippen LogP contribution in [-0.2, 0) is 21.9 Å². The molecule has 10 heteroatoms. The summed E-state index contributed by atoms with van der Waals surface area (Å²) in [7, 11) is -2.33. The summed E-state index contributed by atoms with van der Waals surface area (Å²) in [6.07, 6.45) is 1.09. The zero-order chi connectivity index (χ0) is 23.0. The molecule has 0 saturated carbocycles. The zero-order valence-corrected chi connectivity index (χ0v) is 18.5. The molecule has 168 valence electrons. The molecule has 1 fully saturated rings. The molecule has 0 unspecified atom stereocenters. The molecule has 1 N–H and O–H groups in total. The second kappa shape index (κ2) is 8.36. The number of aromatic nitrogens is 1. The highest BCUT2D eigenvalue weighted by Gasteiger charge is 2.33. The van der Waals surface area contributed by atoms with Gasteiger partial charge < -0.3 is 9.73 Å². The number of rotatable bonds is 5. The van der Waals surface area contributed by atoms with Crippen molar-refractivity contribution in [1.29, 1.82) is 0 Å². The number of carbonyl (C=O) groups is 2. The Morgan fingerprint density at radius 1 is 1.16 bits per heavy atom. The summed E-state index contributed by atoms with van der Waals surface area (Å²) >= 11 is 0. The van der Waals surface area contributed by atoms with E-state index >= 15 is 0 Å². The van der Waals surface area contributed by atoms with E-state index in [1.165, 1.54) is 34.0 Å². The molecule has 1 amide bonds. The summed E-state index contributed by atoms with van der Waals surface area (Å²) in [5.41, 5.74) is 1.67. The van der Waals surface area contributed by atoms with Crippen molar-refractivity contribution in [2.75, 3.05) is 18.4 Å². The molecule has 2 heterocycles. The molecule has 0 bridgehead atoms. The van der Waals surface area contributed by atoms with E-state index in [1.807, 2.05) is 0 Å². The van der Waals surface area contributed by atoms with Gasteiger partial charge in [-0.2, -0.15) is 4.31 Å². The number of hydrogen-bond acceptors (Lipinski definition) is 6. The Balaban J connectivity index is 1.53. The van der Waals surface area contributed by atoms with Gasteiger partial charge in [-0.25, -0.2) is 13.2 Å². The van der Waals surface area contributed by atoms with Gasteiger partial charge in [0.1, 0.15) is 0 Å². The summed E-state index contributed by atoms with van der Waals surface area (Å²) in [6, 6.07) is 10.9. The van der Waals surface area contributed by atoms with Crippen LogP contribution >= 0.6 is 0 Å². The number of carbonyl (C=O) groups excluding carboxylic acids is 2. The Bertz CT molecular complexity index is 1370. The summed E-state index contributed by atoms with van der Waals surface area (Å²) in [5.74, 6) is -1.51. The fraction of sp³-hybridized carbons (Fsp3) is 0.318. The van der Waals surface area contributed by atoms with Crippen LogP contribution in [0.4, 0.5) is 5.69 Å². The average molecular weight is 458 g/mol. The number of Topliss-reactive ketones (excluding diaryl/α,β-unsaturated/α-hetero) is 1. The van der Waals surface area contributed by atoms with Gasteiger partial charge in [-0.3, -0.25) is 14.2 Å². The van der Waals surface area contributed by atoms with Gasteiger partial charge in [0, 0.05) is 37.5 Å². The lowest BCUT2D eigenvalue weighted by molar-refractivity contribution is -0.120. The summed E-state index contributed by atoms with van der Waals surface area (Å²) in [5, 5.41) is 2.79. The smallest absolute Gasteiger partial charge is 0.408 e. The summed E-state index contributed by atoms with van der Waals surface area (Å²) < 4.78 is 34.1. The minimum Gasteiger partial charge on any atom is -0.408 e. The molecule has 3 aromatic rings. The number of nitrogens with one attached hydrogen (secondary N) is 1. The van der Waals surface area contributed by atoms with Gasteiger partial charge in [-0.05, 0) is 44.0 Å². The fourth-order valence-corrected chi connectivity index (χ4v) is 5.40. The number of sulfonamides is 1. The maximum Gasteiger partial charge on any atom is 0.419 e. The van der Waals surface area contributed by atoms with Crippen molar-refractivity contribution in [2.45, 2.75) is 24.7 Å². The van der Waals surface area contributed by atoms with E-state index in [0.29, 0.717) is 36.2 Å². The van der Waals surface area contributed by atoms with E-state index in [9.17, 15) is 22.8 Å². The van der Waals surface area contributed by atoms with Gasteiger partial charge in [-0.15, -0.1) is 0 Å². The number of ketones is 1. The quantitative estimate of drug-likeness (QED) is 0.588. The van der Waals surface area contributed by atoms with Gasteiger partial charge in [0.25, 0.3) is 0 Å². The zero-order valence-electron chi connectivity index (χ0n) is 17.7. The van der Waals surface area contributed by atoms with Crippen molar-refractivity contribution in [2.24, 2.45) is 13.0 Å². The van der Waals surface area contributed by atoms with Crippen molar-refractivity contribution in [3.8, 4) is 0 Å². The first-order valence-electron chi connectivity index (χ1n) is 10.2. The van der Waals surface area contributed by atoms with Crippen LogP contribution < -0.4 is 11.1 Å². The molecule has 4 rings (SSSR count). The lowest BCUT2D eigenvalue weighted by Gasteiger charge is -2.31. The molecule has 1 aromatic heterocycles. The monoisotopic (exact) mass is 457 g/mol. The number of aryl methyl sites for hydroxylation is 1. The first-order chi connectivity index (χ1) is 15.2. The molecule has 0 aliphatic carbocycles. The normalized spacial score (nSPS) is 17.4. The van der Waals surface area contributed by atoms with Crippen molar-refractivity contribution in [3.05, 3.63) is 58.6 Å². The second-order valence-corrected chi connectivity index (χ2v) is 9.82. The standard InChI is InChI=1S/C22H23N3O6S/c1-14(26)15-5-3-7-17(11-15)23-21(27)16-6-4-10-25(13-16)32(29,30)18-8-9-19-20(12-18)31-22(28)24(19)2/h3,5,7-9,11-12,16H,4,6,10,13H2,1-2H3,(H,23,27)/t16-/m1/s1. The third kappa shape index (κ3) is 4.11. The Morgan fingerprint density at radius 3 is 2.69 bits per heavy atom. The van der Waals surface area contributed by atoms with Gasteiger partial charge >= 0.3 is 5.76 Å². The van der Waals surface area contributed by atoms with Gasteiger partial charge in [0.05, 0.1) is 16.3 Å². The van der Waals surface area contributed by atoms with Crippen LogP contribution in [0.1, 0.15) is 30.1 Å². The maximum atomic E-state index is 13.2. The Morgan fingerprint density at radius 2 is 1.94 bits per heavy atom. The largest absolute Gasteiger partial charge is 0.419 e. The van der Waals surface area contributed by atoms with Crippen LogP contribution in [0.15, 0.2) is 56.6 Å². The number of piperidine rings is 1. The predicted octanol–water partition coefficient (Wildman–Crippen LogP) is 2.37. The van der Waals surface area contributed by atoms with Crippen LogP contribution in [0.3, 0.4) is 0 Å². The molecular weight excluding hydrogens is 434 g/mol. The number of benzene rings is 2. The van der Waals surface area contributed by atoms with Crippen LogP contribution in [0.2, 0.25) is 0 Å². The number of amides is 1.